The highest BCUT2D eigenvalue weighted by Crippen LogP contribution is 2.25. The van der Waals surface area contributed by atoms with E-state index in [9.17, 15) is 9.00 Å². The average Bonchev–Trinajstić information content (AvgIpc) is 2.82. The van der Waals surface area contributed by atoms with Crippen molar-refractivity contribution in [2.75, 3.05) is 16.1 Å². The number of hydrogen-bond donors (Lipinski definition) is 1. The van der Waals surface area contributed by atoms with Crippen LogP contribution in [0.4, 0.5) is 11.4 Å². The summed E-state index contributed by atoms with van der Waals surface area (Å²) in [6.45, 7) is 1.98. The largest absolute Gasteiger partial charge is 0.360 e. The SMILES string of the molecule is Cc1ccc(N2CS(=O)/C(=C\Nc3ccc(Cl)cc3)C2=O)cc1. The number of amides is 1. The predicted molar refractivity (Wildman–Crippen MR) is 94.8 cm³/mol. The lowest BCUT2D eigenvalue weighted by Gasteiger charge is -2.13. The molecule has 3 rings (SSSR count). The van der Waals surface area contributed by atoms with Gasteiger partial charge >= 0.3 is 0 Å². The molecule has 1 heterocycles. The van der Waals surface area contributed by atoms with Gasteiger partial charge in [0.25, 0.3) is 5.91 Å². The predicted octanol–water partition coefficient (Wildman–Crippen LogP) is 3.65. The van der Waals surface area contributed by atoms with Crippen LogP contribution in [0.1, 0.15) is 5.56 Å². The minimum atomic E-state index is -1.36. The Morgan fingerprint density at radius 3 is 2.43 bits per heavy atom. The van der Waals surface area contributed by atoms with Crippen LogP contribution in [0.3, 0.4) is 0 Å². The van der Waals surface area contributed by atoms with Gasteiger partial charge in [0.05, 0.1) is 10.8 Å². The first kappa shape index (κ1) is 15.8. The second kappa shape index (κ2) is 6.56. The van der Waals surface area contributed by atoms with Crippen molar-refractivity contribution >= 4 is 39.7 Å². The molecule has 1 aliphatic rings. The summed E-state index contributed by atoms with van der Waals surface area (Å²) < 4.78 is 12.2. The van der Waals surface area contributed by atoms with E-state index in [0.29, 0.717) is 5.02 Å². The molecule has 1 aliphatic heterocycles. The average molecular weight is 347 g/mol. The summed E-state index contributed by atoms with van der Waals surface area (Å²) in [6, 6.07) is 14.7. The highest BCUT2D eigenvalue weighted by molar-refractivity contribution is 7.90. The number of rotatable bonds is 3. The Labute approximate surface area is 142 Å². The molecule has 0 radical (unpaired) electrons. The number of nitrogens with one attached hydrogen (secondary N) is 1. The minimum absolute atomic E-state index is 0.177. The smallest absolute Gasteiger partial charge is 0.269 e. The molecule has 0 saturated carbocycles. The van der Waals surface area contributed by atoms with E-state index in [1.807, 2.05) is 31.2 Å². The highest BCUT2D eigenvalue weighted by Gasteiger charge is 2.33. The molecular weight excluding hydrogens is 332 g/mol. The van der Waals surface area contributed by atoms with Crippen molar-refractivity contribution < 1.29 is 9.00 Å². The van der Waals surface area contributed by atoms with Crippen molar-refractivity contribution in [3.8, 4) is 0 Å². The van der Waals surface area contributed by atoms with Gasteiger partial charge in [-0.25, -0.2) is 0 Å². The Bertz CT molecular complexity index is 785. The van der Waals surface area contributed by atoms with Crippen molar-refractivity contribution in [2.45, 2.75) is 6.92 Å². The van der Waals surface area contributed by atoms with E-state index in [2.05, 4.69) is 5.32 Å². The fraction of sp³-hybridized carbons (Fsp3) is 0.118. The lowest BCUT2D eigenvalue weighted by atomic mass is 10.2. The van der Waals surface area contributed by atoms with Crippen molar-refractivity contribution in [1.82, 2.24) is 0 Å². The van der Waals surface area contributed by atoms with Crippen molar-refractivity contribution in [3.63, 3.8) is 0 Å². The van der Waals surface area contributed by atoms with E-state index in [1.165, 1.54) is 11.1 Å². The molecule has 1 saturated heterocycles. The summed E-state index contributed by atoms with van der Waals surface area (Å²) in [6.07, 6.45) is 1.51. The molecule has 1 atom stereocenters. The maximum absolute atomic E-state index is 12.5. The molecular formula is C17H15ClN2O2S. The van der Waals surface area contributed by atoms with E-state index in [-0.39, 0.29) is 16.7 Å². The summed E-state index contributed by atoms with van der Waals surface area (Å²) in [4.78, 5) is 14.3. The Kier molecular flexibility index (Phi) is 4.50. The van der Waals surface area contributed by atoms with Crippen LogP contribution in [-0.2, 0) is 15.6 Å². The van der Waals surface area contributed by atoms with E-state index in [0.717, 1.165) is 16.9 Å². The topological polar surface area (TPSA) is 49.4 Å². The number of halogens is 1. The molecule has 2 aromatic rings. The summed E-state index contributed by atoms with van der Waals surface area (Å²) in [5.74, 6) is -0.0654. The monoisotopic (exact) mass is 346 g/mol. The van der Waals surface area contributed by atoms with Gasteiger partial charge in [-0.3, -0.25) is 13.9 Å². The van der Waals surface area contributed by atoms with Crippen LogP contribution in [0.25, 0.3) is 0 Å². The zero-order valence-corrected chi connectivity index (χ0v) is 14.0. The first-order valence-electron chi connectivity index (χ1n) is 7.04. The molecule has 1 amide bonds. The van der Waals surface area contributed by atoms with Gasteiger partial charge in [-0.2, -0.15) is 0 Å². The van der Waals surface area contributed by atoms with Crippen LogP contribution < -0.4 is 10.2 Å². The minimum Gasteiger partial charge on any atom is -0.360 e. The lowest BCUT2D eigenvalue weighted by molar-refractivity contribution is -0.114. The third kappa shape index (κ3) is 3.46. The van der Waals surface area contributed by atoms with Crippen LogP contribution >= 0.6 is 11.6 Å². The first-order chi connectivity index (χ1) is 11.0. The molecule has 23 heavy (non-hydrogen) atoms. The third-order valence-corrected chi connectivity index (χ3v) is 5.04. The Morgan fingerprint density at radius 1 is 1.13 bits per heavy atom. The molecule has 2 aromatic carbocycles. The molecule has 6 heteroatoms. The van der Waals surface area contributed by atoms with Crippen molar-refractivity contribution in [1.29, 1.82) is 0 Å². The second-order valence-corrected chi connectivity index (χ2v) is 7.03. The molecule has 1 unspecified atom stereocenters. The molecule has 0 spiro atoms. The number of carbonyl (C=O) groups excluding carboxylic acids is 1. The van der Waals surface area contributed by atoms with Crippen LogP contribution in [0.2, 0.25) is 5.02 Å². The summed E-state index contributed by atoms with van der Waals surface area (Å²) in [5, 5.41) is 3.63. The van der Waals surface area contributed by atoms with Gasteiger partial charge in [0.2, 0.25) is 0 Å². The molecule has 1 fully saturated rings. The zero-order valence-electron chi connectivity index (χ0n) is 12.5. The van der Waals surface area contributed by atoms with Crippen molar-refractivity contribution in [2.24, 2.45) is 0 Å². The van der Waals surface area contributed by atoms with E-state index >= 15 is 0 Å². The Morgan fingerprint density at radius 2 is 1.78 bits per heavy atom. The fourth-order valence-electron chi connectivity index (χ4n) is 2.21. The van der Waals surface area contributed by atoms with E-state index in [1.54, 1.807) is 24.3 Å². The molecule has 0 bridgehead atoms. The molecule has 118 valence electrons. The number of anilines is 2. The van der Waals surface area contributed by atoms with Crippen LogP contribution in [0, 0.1) is 6.92 Å². The normalized spacial score (nSPS) is 19.4. The van der Waals surface area contributed by atoms with Gasteiger partial charge in [-0.05, 0) is 43.3 Å². The molecule has 0 aromatic heterocycles. The quantitative estimate of drug-likeness (QED) is 0.863. The van der Waals surface area contributed by atoms with Crippen LogP contribution in [-0.4, -0.2) is 16.0 Å². The summed E-state index contributed by atoms with van der Waals surface area (Å²) >= 11 is 5.83. The van der Waals surface area contributed by atoms with E-state index in [4.69, 9.17) is 11.6 Å². The number of carbonyl (C=O) groups is 1. The molecule has 4 nitrogen and oxygen atoms in total. The molecule has 0 aliphatic carbocycles. The first-order valence-corrected chi connectivity index (χ1v) is 8.73. The van der Waals surface area contributed by atoms with Gasteiger partial charge < -0.3 is 5.32 Å². The van der Waals surface area contributed by atoms with Gasteiger partial charge in [0.1, 0.15) is 10.8 Å². The number of nitrogens with zero attached hydrogens (tertiary/aromatic N) is 1. The lowest BCUT2D eigenvalue weighted by Crippen LogP contribution is -2.24. The third-order valence-electron chi connectivity index (χ3n) is 3.51. The van der Waals surface area contributed by atoms with E-state index < -0.39 is 10.8 Å². The number of aryl methyl sites for hydroxylation is 1. The van der Waals surface area contributed by atoms with Gasteiger partial charge in [0.15, 0.2) is 0 Å². The van der Waals surface area contributed by atoms with Gasteiger partial charge in [-0.15, -0.1) is 0 Å². The maximum Gasteiger partial charge on any atom is 0.269 e. The van der Waals surface area contributed by atoms with Crippen LogP contribution in [0.5, 0.6) is 0 Å². The fourth-order valence-corrected chi connectivity index (χ4v) is 3.48. The summed E-state index contributed by atoms with van der Waals surface area (Å²) in [5.41, 5.74) is 2.64. The Balaban J connectivity index is 1.79. The van der Waals surface area contributed by atoms with Gasteiger partial charge in [0, 0.05) is 22.6 Å². The second-order valence-electron chi connectivity index (χ2n) is 5.20. The number of benzene rings is 2. The molecule has 1 N–H and O–H groups in total. The van der Waals surface area contributed by atoms with Crippen LogP contribution in [0.15, 0.2) is 59.6 Å². The highest BCUT2D eigenvalue weighted by atomic mass is 35.5. The van der Waals surface area contributed by atoms with Gasteiger partial charge in [-0.1, -0.05) is 29.3 Å². The maximum atomic E-state index is 12.5. The Hall–Kier alpha value is -2.11. The number of hydrogen-bond acceptors (Lipinski definition) is 3. The standard InChI is InChI=1S/C17H15ClN2O2S/c1-12-2-8-15(9-3-12)20-11-23(22)16(17(20)21)10-19-14-6-4-13(18)5-7-14/h2-10,19H,11H2,1H3/b16-10-. The van der Waals surface area contributed by atoms with Crippen molar-refractivity contribution in [3.05, 3.63) is 70.2 Å². The zero-order chi connectivity index (χ0) is 16.4. The summed E-state index contributed by atoms with van der Waals surface area (Å²) in [7, 11) is -1.36.